The molecule has 0 fully saturated rings. The van der Waals surface area contributed by atoms with Crippen LogP contribution in [0.4, 0.5) is 5.69 Å². The van der Waals surface area contributed by atoms with Gasteiger partial charge in [-0.3, -0.25) is 4.79 Å². The Bertz CT molecular complexity index is 1460. The molecule has 1 atom stereocenters. The zero-order valence-corrected chi connectivity index (χ0v) is 19.5. The molecule has 172 valence electrons. The fourth-order valence-corrected chi connectivity index (χ4v) is 5.15. The molecule has 0 spiro atoms. The molecule has 1 unspecified atom stereocenters. The van der Waals surface area contributed by atoms with Gasteiger partial charge in [-0.2, -0.15) is 0 Å². The van der Waals surface area contributed by atoms with Gasteiger partial charge in [0.2, 0.25) is 0 Å². The summed E-state index contributed by atoms with van der Waals surface area (Å²) in [6, 6.07) is 18.8. The molecule has 0 aliphatic heterocycles. The second-order valence-corrected chi connectivity index (χ2v) is 9.24. The molecule has 0 saturated heterocycles. The van der Waals surface area contributed by atoms with Crippen LogP contribution in [0, 0.1) is 13.8 Å². The van der Waals surface area contributed by atoms with Crippen LogP contribution in [0.15, 0.2) is 69.9 Å². The smallest absolute Gasteiger partial charge is 0.337 e. The average Bonchev–Trinajstić information content (AvgIpc) is 3.25. The van der Waals surface area contributed by atoms with Gasteiger partial charge >= 0.3 is 5.97 Å². The average molecular weight is 454 g/mol. The molecule has 2 N–H and O–H groups in total. The topological polar surface area (TPSA) is 79.5 Å². The maximum atomic E-state index is 13.4. The van der Waals surface area contributed by atoms with Gasteiger partial charge in [0.15, 0.2) is 5.43 Å². The minimum absolute atomic E-state index is 0.00436. The molecule has 5 rings (SSSR count). The van der Waals surface area contributed by atoms with Gasteiger partial charge in [-0.05, 0) is 68.5 Å². The number of aryl methyl sites for hydroxylation is 1. The maximum Gasteiger partial charge on any atom is 0.337 e. The molecule has 0 saturated carbocycles. The van der Waals surface area contributed by atoms with E-state index in [9.17, 15) is 14.7 Å². The Morgan fingerprint density at radius 3 is 2.35 bits per heavy atom. The highest BCUT2D eigenvalue weighted by atomic mass is 16.4. The summed E-state index contributed by atoms with van der Waals surface area (Å²) < 4.78 is 6.55. The van der Waals surface area contributed by atoms with Crippen LogP contribution in [0.1, 0.15) is 62.8 Å². The number of anilines is 1. The standard InChI is InChI=1S/C29H27NO4/c1-16-12-23(18(3)30-25-11-7-6-10-22(25)29(32)33)28-24(13-16)26(31)17(2)27(34-28)21-14-19-8-4-5-9-20(19)15-21/h4-13,18,21,30H,14-15H2,1-3H3,(H,32,33). The normalized spacial score (nSPS) is 14.2. The number of carboxylic acid groups (broad SMARTS) is 1. The van der Waals surface area contributed by atoms with Gasteiger partial charge in [0.25, 0.3) is 0 Å². The summed E-state index contributed by atoms with van der Waals surface area (Å²) >= 11 is 0. The van der Waals surface area contributed by atoms with Crippen molar-refractivity contribution in [1.82, 2.24) is 0 Å². The van der Waals surface area contributed by atoms with E-state index in [-0.39, 0.29) is 23.0 Å². The van der Waals surface area contributed by atoms with Crippen LogP contribution in [0.25, 0.3) is 11.0 Å². The molecule has 0 radical (unpaired) electrons. The van der Waals surface area contributed by atoms with Crippen molar-refractivity contribution in [3.63, 3.8) is 0 Å². The highest BCUT2D eigenvalue weighted by Gasteiger charge is 2.28. The fourth-order valence-electron chi connectivity index (χ4n) is 5.15. The first-order valence-electron chi connectivity index (χ1n) is 11.6. The van der Waals surface area contributed by atoms with E-state index in [1.165, 1.54) is 11.1 Å². The molecule has 1 heterocycles. The number of hydrogen-bond donors (Lipinski definition) is 2. The van der Waals surface area contributed by atoms with E-state index in [1.807, 2.05) is 45.0 Å². The monoisotopic (exact) mass is 453 g/mol. The molecule has 0 amide bonds. The molecule has 3 aromatic carbocycles. The Morgan fingerprint density at radius 2 is 1.68 bits per heavy atom. The maximum absolute atomic E-state index is 13.4. The summed E-state index contributed by atoms with van der Waals surface area (Å²) in [5.41, 5.74) is 6.36. The number of carboxylic acids is 1. The SMILES string of the molecule is Cc1cc(C(C)Nc2ccccc2C(=O)O)c2oc(C3Cc4ccccc4C3)c(C)c(=O)c2c1. The molecule has 0 bridgehead atoms. The van der Waals surface area contributed by atoms with E-state index in [0.717, 1.165) is 29.7 Å². The summed E-state index contributed by atoms with van der Waals surface area (Å²) in [7, 11) is 0. The van der Waals surface area contributed by atoms with Crippen LogP contribution in [-0.2, 0) is 12.8 Å². The minimum atomic E-state index is -0.991. The lowest BCUT2D eigenvalue weighted by Gasteiger charge is -2.20. The number of hydrogen-bond acceptors (Lipinski definition) is 4. The minimum Gasteiger partial charge on any atom is -0.478 e. The van der Waals surface area contributed by atoms with Crippen molar-refractivity contribution >= 4 is 22.6 Å². The van der Waals surface area contributed by atoms with Crippen LogP contribution in [0.2, 0.25) is 0 Å². The first-order chi connectivity index (χ1) is 16.3. The largest absolute Gasteiger partial charge is 0.478 e. The summed E-state index contributed by atoms with van der Waals surface area (Å²) in [4.78, 5) is 25.1. The zero-order valence-electron chi connectivity index (χ0n) is 19.5. The summed E-state index contributed by atoms with van der Waals surface area (Å²) in [5, 5.41) is 13.4. The predicted octanol–water partition coefficient (Wildman–Crippen LogP) is 6.16. The lowest BCUT2D eigenvalue weighted by atomic mass is 9.95. The summed E-state index contributed by atoms with van der Waals surface area (Å²) in [6.07, 6.45) is 1.71. The molecule has 1 aliphatic rings. The van der Waals surface area contributed by atoms with E-state index in [2.05, 4.69) is 17.4 Å². The Labute approximate surface area is 198 Å². The van der Waals surface area contributed by atoms with Gasteiger partial charge in [-0.1, -0.05) is 42.5 Å². The van der Waals surface area contributed by atoms with Crippen LogP contribution in [-0.4, -0.2) is 11.1 Å². The van der Waals surface area contributed by atoms with Gasteiger partial charge in [0, 0.05) is 22.7 Å². The third-order valence-electron chi connectivity index (χ3n) is 6.85. The summed E-state index contributed by atoms with van der Waals surface area (Å²) in [6.45, 7) is 5.77. The number of aromatic carboxylic acids is 1. The van der Waals surface area contributed by atoms with Crippen LogP contribution < -0.4 is 10.7 Å². The first-order valence-corrected chi connectivity index (χ1v) is 11.6. The van der Waals surface area contributed by atoms with Crippen molar-refractivity contribution in [2.24, 2.45) is 0 Å². The van der Waals surface area contributed by atoms with Crippen molar-refractivity contribution < 1.29 is 14.3 Å². The molecule has 4 aromatic rings. The third-order valence-corrected chi connectivity index (χ3v) is 6.85. The molecule has 5 nitrogen and oxygen atoms in total. The highest BCUT2D eigenvalue weighted by Crippen LogP contribution is 2.37. The van der Waals surface area contributed by atoms with Gasteiger partial charge in [0.05, 0.1) is 17.0 Å². The number of rotatable bonds is 5. The molecule has 1 aromatic heterocycles. The molecular formula is C29H27NO4. The molecule has 5 heteroatoms. The Balaban J connectivity index is 1.60. The van der Waals surface area contributed by atoms with Gasteiger partial charge in [-0.15, -0.1) is 0 Å². The van der Waals surface area contributed by atoms with Crippen LogP contribution in [0.3, 0.4) is 0 Å². The number of nitrogens with one attached hydrogen (secondary N) is 1. The first kappa shape index (κ1) is 22.0. The van der Waals surface area contributed by atoms with Crippen molar-refractivity contribution in [1.29, 1.82) is 0 Å². The van der Waals surface area contributed by atoms with Crippen molar-refractivity contribution in [2.75, 3.05) is 5.32 Å². The lowest BCUT2D eigenvalue weighted by molar-refractivity contribution is 0.0698. The highest BCUT2D eigenvalue weighted by molar-refractivity contribution is 5.94. The molecule has 34 heavy (non-hydrogen) atoms. The summed E-state index contributed by atoms with van der Waals surface area (Å²) in [5.74, 6) is -0.119. The Morgan fingerprint density at radius 1 is 1.03 bits per heavy atom. The van der Waals surface area contributed by atoms with Crippen molar-refractivity contribution in [3.8, 4) is 0 Å². The van der Waals surface area contributed by atoms with E-state index >= 15 is 0 Å². The molecular weight excluding hydrogens is 426 g/mol. The van der Waals surface area contributed by atoms with Gasteiger partial charge < -0.3 is 14.8 Å². The number of carbonyl (C=O) groups is 1. The lowest BCUT2D eigenvalue weighted by Crippen LogP contribution is -2.16. The van der Waals surface area contributed by atoms with E-state index in [1.54, 1.807) is 24.3 Å². The van der Waals surface area contributed by atoms with E-state index in [4.69, 9.17) is 4.42 Å². The number of benzene rings is 3. The fraction of sp³-hybridized carbons (Fsp3) is 0.241. The zero-order chi connectivity index (χ0) is 24.0. The van der Waals surface area contributed by atoms with Crippen LogP contribution in [0.5, 0.6) is 0 Å². The van der Waals surface area contributed by atoms with E-state index < -0.39 is 5.97 Å². The second kappa shape index (κ2) is 8.49. The molecule has 1 aliphatic carbocycles. The Hall–Kier alpha value is -3.86. The third kappa shape index (κ3) is 3.77. The quantitative estimate of drug-likeness (QED) is 0.378. The van der Waals surface area contributed by atoms with Crippen molar-refractivity contribution in [3.05, 3.63) is 110 Å². The number of para-hydroxylation sites is 1. The predicted molar refractivity (Wildman–Crippen MR) is 134 cm³/mol. The van der Waals surface area contributed by atoms with E-state index in [0.29, 0.717) is 22.2 Å². The Kier molecular flexibility index (Phi) is 5.48. The second-order valence-electron chi connectivity index (χ2n) is 9.24. The number of fused-ring (bicyclic) bond motifs is 2. The van der Waals surface area contributed by atoms with Crippen molar-refractivity contribution in [2.45, 2.75) is 45.6 Å². The van der Waals surface area contributed by atoms with Gasteiger partial charge in [-0.25, -0.2) is 4.79 Å². The van der Waals surface area contributed by atoms with Gasteiger partial charge in [0.1, 0.15) is 11.3 Å². The van der Waals surface area contributed by atoms with Crippen LogP contribution >= 0.6 is 0 Å².